The lowest BCUT2D eigenvalue weighted by molar-refractivity contribution is 0.0951. The first-order valence-electron chi connectivity index (χ1n) is 9.17. The Labute approximate surface area is 157 Å². The highest BCUT2D eigenvalue weighted by molar-refractivity contribution is 7.10. The summed E-state index contributed by atoms with van der Waals surface area (Å²) < 4.78 is 5.87. The van der Waals surface area contributed by atoms with Crippen LogP contribution in [0.25, 0.3) is 10.9 Å². The summed E-state index contributed by atoms with van der Waals surface area (Å²) in [4.78, 5) is 18.2. The molecule has 0 fully saturated rings. The molecule has 0 aliphatic heterocycles. The number of hydrogen-bond acceptors (Lipinski definition) is 4. The van der Waals surface area contributed by atoms with Gasteiger partial charge in [-0.05, 0) is 49.8 Å². The number of aryl methyl sites for hydroxylation is 1. The standard InChI is InChI=1S/C21H22N2O2S/c24-21(17-14-26-19-10-2-1-8-16(17)19)23-12-5-13-25-18-9-3-6-15-7-4-11-22-20(15)18/h3-4,6-7,9,11,14H,1-2,5,8,10,12-13H2,(H,23,24). The van der Waals surface area contributed by atoms with Crippen molar-refractivity contribution in [1.82, 2.24) is 10.3 Å². The number of nitrogens with zero attached hydrogens (tertiary/aromatic N) is 1. The van der Waals surface area contributed by atoms with Crippen LogP contribution in [0.4, 0.5) is 0 Å². The minimum atomic E-state index is 0.0521. The molecule has 0 unspecified atom stereocenters. The molecule has 5 heteroatoms. The van der Waals surface area contributed by atoms with Crippen LogP contribution < -0.4 is 10.1 Å². The van der Waals surface area contributed by atoms with Crippen molar-refractivity contribution in [3.05, 3.63) is 57.9 Å². The monoisotopic (exact) mass is 366 g/mol. The number of amides is 1. The molecule has 1 N–H and O–H groups in total. The number of aromatic nitrogens is 1. The van der Waals surface area contributed by atoms with E-state index in [2.05, 4.69) is 10.3 Å². The van der Waals surface area contributed by atoms with E-state index in [-0.39, 0.29) is 5.91 Å². The minimum absolute atomic E-state index is 0.0521. The zero-order chi connectivity index (χ0) is 17.8. The summed E-state index contributed by atoms with van der Waals surface area (Å²) in [6.07, 6.45) is 7.14. The van der Waals surface area contributed by atoms with Gasteiger partial charge in [0, 0.05) is 28.4 Å². The van der Waals surface area contributed by atoms with Crippen molar-refractivity contribution in [3.8, 4) is 5.75 Å². The highest BCUT2D eigenvalue weighted by Crippen LogP contribution is 2.30. The zero-order valence-electron chi connectivity index (χ0n) is 14.7. The van der Waals surface area contributed by atoms with Crippen LogP contribution in [0.15, 0.2) is 41.9 Å². The quantitative estimate of drug-likeness (QED) is 0.659. The molecule has 1 aliphatic carbocycles. The Kier molecular flexibility index (Phi) is 5.16. The third-order valence-corrected chi connectivity index (χ3v) is 5.85. The topological polar surface area (TPSA) is 51.2 Å². The van der Waals surface area contributed by atoms with E-state index in [0.717, 1.165) is 41.5 Å². The number of para-hydroxylation sites is 1. The molecular weight excluding hydrogens is 344 g/mol. The van der Waals surface area contributed by atoms with Crippen LogP contribution in [0.5, 0.6) is 5.75 Å². The van der Waals surface area contributed by atoms with Gasteiger partial charge in [0.2, 0.25) is 0 Å². The first kappa shape index (κ1) is 17.0. The normalized spacial score (nSPS) is 13.4. The van der Waals surface area contributed by atoms with Crippen molar-refractivity contribution >= 4 is 28.1 Å². The maximum absolute atomic E-state index is 12.4. The number of nitrogens with one attached hydrogen (secondary N) is 1. The average molecular weight is 366 g/mol. The molecule has 26 heavy (non-hydrogen) atoms. The second-order valence-electron chi connectivity index (χ2n) is 6.55. The van der Waals surface area contributed by atoms with Crippen molar-refractivity contribution in [2.75, 3.05) is 13.2 Å². The van der Waals surface area contributed by atoms with Gasteiger partial charge in [0.15, 0.2) is 0 Å². The third-order valence-electron chi connectivity index (χ3n) is 4.77. The smallest absolute Gasteiger partial charge is 0.252 e. The van der Waals surface area contributed by atoms with Gasteiger partial charge in [-0.3, -0.25) is 9.78 Å². The molecular formula is C21H22N2O2S. The fourth-order valence-electron chi connectivity index (χ4n) is 3.43. The maximum Gasteiger partial charge on any atom is 0.252 e. The molecule has 0 radical (unpaired) electrons. The maximum atomic E-state index is 12.4. The molecule has 2 aromatic heterocycles. The van der Waals surface area contributed by atoms with Crippen LogP contribution in [-0.2, 0) is 12.8 Å². The van der Waals surface area contributed by atoms with E-state index in [1.807, 2.05) is 35.7 Å². The SMILES string of the molecule is O=C(NCCCOc1cccc2cccnc12)c1csc2c1CCCC2. The number of pyridine rings is 1. The number of thiophene rings is 1. The molecule has 3 aromatic rings. The summed E-state index contributed by atoms with van der Waals surface area (Å²) in [6.45, 7) is 1.17. The van der Waals surface area contributed by atoms with E-state index in [4.69, 9.17) is 4.74 Å². The summed E-state index contributed by atoms with van der Waals surface area (Å²) in [7, 11) is 0. The molecule has 0 bridgehead atoms. The van der Waals surface area contributed by atoms with Crippen molar-refractivity contribution in [1.29, 1.82) is 0 Å². The summed E-state index contributed by atoms with van der Waals surface area (Å²) in [5.74, 6) is 0.845. The van der Waals surface area contributed by atoms with E-state index in [1.54, 1.807) is 17.5 Å². The number of ether oxygens (including phenoxy) is 1. The van der Waals surface area contributed by atoms with Crippen molar-refractivity contribution in [2.24, 2.45) is 0 Å². The number of benzene rings is 1. The second kappa shape index (κ2) is 7.87. The lowest BCUT2D eigenvalue weighted by Gasteiger charge is -2.13. The van der Waals surface area contributed by atoms with Crippen molar-refractivity contribution in [3.63, 3.8) is 0 Å². The minimum Gasteiger partial charge on any atom is -0.491 e. The number of fused-ring (bicyclic) bond motifs is 2. The number of rotatable bonds is 6. The Bertz CT molecular complexity index is 914. The molecule has 1 aliphatic rings. The third kappa shape index (κ3) is 3.58. The Morgan fingerprint density at radius 1 is 1.19 bits per heavy atom. The van der Waals surface area contributed by atoms with Gasteiger partial charge in [0.1, 0.15) is 11.3 Å². The highest BCUT2D eigenvalue weighted by Gasteiger charge is 2.19. The Hall–Kier alpha value is -2.40. The van der Waals surface area contributed by atoms with E-state index >= 15 is 0 Å². The van der Waals surface area contributed by atoms with Crippen LogP contribution >= 0.6 is 11.3 Å². The van der Waals surface area contributed by atoms with Crippen molar-refractivity contribution < 1.29 is 9.53 Å². The molecule has 4 rings (SSSR count). The summed E-state index contributed by atoms with van der Waals surface area (Å²) >= 11 is 1.73. The van der Waals surface area contributed by atoms with E-state index in [9.17, 15) is 4.79 Å². The zero-order valence-corrected chi connectivity index (χ0v) is 15.5. The first-order chi connectivity index (χ1) is 12.8. The molecule has 2 heterocycles. The van der Waals surface area contributed by atoms with Crippen LogP contribution in [0.3, 0.4) is 0 Å². The van der Waals surface area contributed by atoms with Gasteiger partial charge in [-0.1, -0.05) is 18.2 Å². The van der Waals surface area contributed by atoms with Gasteiger partial charge < -0.3 is 10.1 Å². The second-order valence-corrected chi connectivity index (χ2v) is 7.51. The summed E-state index contributed by atoms with van der Waals surface area (Å²) in [5, 5.41) is 6.12. The van der Waals surface area contributed by atoms with Crippen LogP contribution in [0.2, 0.25) is 0 Å². The van der Waals surface area contributed by atoms with E-state index in [1.165, 1.54) is 23.3 Å². The lowest BCUT2D eigenvalue weighted by atomic mass is 9.96. The average Bonchev–Trinajstić information content (AvgIpc) is 3.12. The molecule has 1 amide bonds. The van der Waals surface area contributed by atoms with Gasteiger partial charge in [-0.2, -0.15) is 0 Å². The summed E-state index contributed by atoms with van der Waals surface area (Å²) in [5.41, 5.74) is 3.03. The highest BCUT2D eigenvalue weighted by atomic mass is 32.1. The Morgan fingerprint density at radius 2 is 2.08 bits per heavy atom. The van der Waals surface area contributed by atoms with Crippen LogP contribution in [0.1, 0.15) is 40.1 Å². The van der Waals surface area contributed by atoms with Crippen LogP contribution in [-0.4, -0.2) is 24.0 Å². The van der Waals surface area contributed by atoms with Crippen LogP contribution in [0, 0.1) is 0 Å². The van der Waals surface area contributed by atoms with E-state index in [0.29, 0.717) is 13.2 Å². The molecule has 0 saturated carbocycles. The van der Waals surface area contributed by atoms with Crippen molar-refractivity contribution in [2.45, 2.75) is 32.1 Å². The number of carbonyl (C=O) groups excluding carboxylic acids is 1. The fraction of sp³-hybridized carbons (Fsp3) is 0.333. The lowest BCUT2D eigenvalue weighted by Crippen LogP contribution is -2.26. The molecule has 134 valence electrons. The number of carbonyl (C=O) groups is 1. The molecule has 0 atom stereocenters. The molecule has 0 spiro atoms. The van der Waals surface area contributed by atoms with Gasteiger partial charge in [-0.15, -0.1) is 11.3 Å². The van der Waals surface area contributed by atoms with Gasteiger partial charge >= 0.3 is 0 Å². The van der Waals surface area contributed by atoms with Gasteiger partial charge in [-0.25, -0.2) is 0 Å². The Morgan fingerprint density at radius 3 is 3.04 bits per heavy atom. The predicted octanol–water partition coefficient (Wildman–Crippen LogP) is 4.37. The van der Waals surface area contributed by atoms with E-state index < -0.39 is 0 Å². The predicted molar refractivity (Wildman–Crippen MR) is 105 cm³/mol. The number of hydrogen-bond donors (Lipinski definition) is 1. The van der Waals surface area contributed by atoms with Gasteiger partial charge in [0.05, 0.1) is 12.2 Å². The molecule has 4 nitrogen and oxygen atoms in total. The first-order valence-corrected chi connectivity index (χ1v) is 10.0. The molecule has 0 saturated heterocycles. The Balaban J connectivity index is 1.28. The fourth-order valence-corrected chi connectivity index (χ4v) is 4.55. The summed E-state index contributed by atoms with van der Waals surface area (Å²) in [6, 6.07) is 9.88. The van der Waals surface area contributed by atoms with Gasteiger partial charge in [0.25, 0.3) is 5.91 Å². The molecule has 1 aromatic carbocycles. The largest absolute Gasteiger partial charge is 0.491 e.